The summed E-state index contributed by atoms with van der Waals surface area (Å²) in [7, 11) is 0. The predicted molar refractivity (Wildman–Crippen MR) is 111 cm³/mol. The fourth-order valence-electron chi connectivity index (χ4n) is 3.47. The fourth-order valence-corrected chi connectivity index (χ4v) is 3.47. The lowest BCUT2D eigenvalue weighted by Gasteiger charge is -2.13. The highest BCUT2D eigenvalue weighted by Crippen LogP contribution is 2.35. The molecule has 1 atom stereocenters. The zero-order valence-corrected chi connectivity index (χ0v) is 17.1. The molecule has 0 amide bonds. The molecule has 0 bridgehead atoms. The number of carbonyl (C=O) groups excluding carboxylic acids is 1. The second-order valence-corrected chi connectivity index (χ2v) is 7.48. The first-order valence-corrected chi connectivity index (χ1v) is 10.3. The summed E-state index contributed by atoms with van der Waals surface area (Å²) < 4.78 is 11.4. The van der Waals surface area contributed by atoms with Gasteiger partial charge in [-0.15, -0.1) is 0 Å². The fraction of sp³-hybridized carbons (Fsp3) is 0.417. The molecule has 2 aromatic rings. The van der Waals surface area contributed by atoms with Crippen LogP contribution in [0.25, 0.3) is 0 Å². The average Bonchev–Trinajstić information content (AvgIpc) is 3.21. The number of ketones is 1. The highest BCUT2D eigenvalue weighted by molar-refractivity contribution is 6.11. The first-order chi connectivity index (χ1) is 14.0. The lowest BCUT2D eigenvalue weighted by Crippen LogP contribution is -2.10. The van der Waals surface area contributed by atoms with E-state index < -0.39 is 11.9 Å². The number of unbranched alkanes of at least 4 members (excludes halogenated alkanes) is 3. The van der Waals surface area contributed by atoms with Gasteiger partial charge in [0.1, 0.15) is 11.5 Å². The van der Waals surface area contributed by atoms with Crippen LogP contribution in [-0.2, 0) is 11.2 Å². The summed E-state index contributed by atoms with van der Waals surface area (Å²) in [6.07, 6.45) is 5.26. The largest absolute Gasteiger partial charge is 0.494 e. The lowest BCUT2D eigenvalue weighted by molar-refractivity contribution is -0.138. The van der Waals surface area contributed by atoms with Gasteiger partial charge in [-0.25, -0.2) is 0 Å². The maximum atomic E-state index is 13.1. The normalized spacial score (nSPS) is 13.4. The van der Waals surface area contributed by atoms with E-state index in [0.29, 0.717) is 42.1 Å². The molecule has 1 N–H and O–H groups in total. The molecule has 2 aromatic carbocycles. The number of hydrogen-bond acceptors (Lipinski definition) is 4. The summed E-state index contributed by atoms with van der Waals surface area (Å²) in [5.74, 6) is -0.448. The van der Waals surface area contributed by atoms with Crippen molar-refractivity contribution in [1.82, 2.24) is 0 Å². The van der Waals surface area contributed by atoms with Gasteiger partial charge < -0.3 is 14.6 Å². The number of carboxylic acids is 1. The van der Waals surface area contributed by atoms with E-state index in [4.69, 9.17) is 9.47 Å². The molecule has 1 heterocycles. The number of carbonyl (C=O) groups is 2. The molecule has 0 saturated heterocycles. The summed E-state index contributed by atoms with van der Waals surface area (Å²) in [5, 5.41) is 9.35. The molecule has 0 fully saturated rings. The van der Waals surface area contributed by atoms with Crippen molar-refractivity contribution in [2.75, 3.05) is 13.2 Å². The smallest absolute Gasteiger partial charge is 0.310 e. The number of benzene rings is 2. The van der Waals surface area contributed by atoms with Crippen LogP contribution in [0.5, 0.6) is 11.5 Å². The Kier molecular flexibility index (Phi) is 6.91. The molecule has 0 aromatic heterocycles. The van der Waals surface area contributed by atoms with Crippen molar-refractivity contribution in [1.29, 1.82) is 0 Å². The third-order valence-corrected chi connectivity index (χ3v) is 5.30. The highest BCUT2D eigenvalue weighted by atomic mass is 16.5. The first kappa shape index (κ1) is 20.9. The summed E-state index contributed by atoms with van der Waals surface area (Å²) in [5.41, 5.74) is 2.47. The number of carboxylic acid groups (broad SMARTS) is 1. The third kappa shape index (κ3) is 4.97. The average molecular weight is 396 g/mol. The van der Waals surface area contributed by atoms with Crippen molar-refractivity contribution in [3.8, 4) is 11.5 Å². The van der Waals surface area contributed by atoms with E-state index in [2.05, 4.69) is 6.92 Å². The number of rotatable bonds is 10. The Morgan fingerprint density at radius 3 is 2.59 bits per heavy atom. The van der Waals surface area contributed by atoms with E-state index in [1.807, 2.05) is 6.07 Å². The van der Waals surface area contributed by atoms with E-state index in [1.165, 1.54) is 12.8 Å². The zero-order valence-electron chi connectivity index (χ0n) is 17.1. The van der Waals surface area contributed by atoms with Crippen molar-refractivity contribution >= 4 is 11.8 Å². The van der Waals surface area contributed by atoms with Gasteiger partial charge in [0.25, 0.3) is 0 Å². The van der Waals surface area contributed by atoms with Gasteiger partial charge in [-0.1, -0.05) is 32.3 Å². The Bertz CT molecular complexity index is 870. The third-order valence-electron chi connectivity index (χ3n) is 5.30. The Hall–Kier alpha value is -2.82. The Morgan fingerprint density at radius 1 is 1.14 bits per heavy atom. The molecular weight excluding hydrogens is 368 g/mol. The quantitative estimate of drug-likeness (QED) is 0.452. The topological polar surface area (TPSA) is 72.8 Å². The van der Waals surface area contributed by atoms with Gasteiger partial charge >= 0.3 is 5.97 Å². The lowest BCUT2D eigenvalue weighted by atomic mass is 9.92. The molecule has 3 rings (SSSR count). The Morgan fingerprint density at radius 2 is 1.90 bits per heavy atom. The van der Waals surface area contributed by atoms with E-state index in [-0.39, 0.29) is 5.78 Å². The Labute approximate surface area is 171 Å². The second kappa shape index (κ2) is 9.59. The molecule has 0 aliphatic carbocycles. The van der Waals surface area contributed by atoms with E-state index in [9.17, 15) is 14.7 Å². The molecular formula is C24H28O5. The molecule has 0 radical (unpaired) electrons. The molecule has 1 unspecified atom stereocenters. The number of fused-ring (bicyclic) bond motifs is 1. The predicted octanol–water partition coefficient (Wildman–Crippen LogP) is 5.00. The number of hydrogen-bond donors (Lipinski definition) is 1. The summed E-state index contributed by atoms with van der Waals surface area (Å²) >= 11 is 0. The van der Waals surface area contributed by atoms with Crippen molar-refractivity contribution in [3.63, 3.8) is 0 Å². The van der Waals surface area contributed by atoms with E-state index in [1.54, 1.807) is 37.3 Å². The van der Waals surface area contributed by atoms with Crippen molar-refractivity contribution in [2.24, 2.45) is 0 Å². The zero-order chi connectivity index (χ0) is 20.8. The number of aliphatic carboxylic acids is 1. The summed E-state index contributed by atoms with van der Waals surface area (Å²) in [6.45, 7) is 4.98. The molecule has 1 aliphatic heterocycles. The second-order valence-electron chi connectivity index (χ2n) is 7.48. The van der Waals surface area contributed by atoms with Gasteiger partial charge in [0.05, 0.1) is 24.7 Å². The van der Waals surface area contributed by atoms with Crippen LogP contribution in [-0.4, -0.2) is 30.1 Å². The summed E-state index contributed by atoms with van der Waals surface area (Å²) in [6, 6.07) is 10.6. The van der Waals surface area contributed by atoms with Crippen LogP contribution in [0, 0.1) is 0 Å². The minimum atomic E-state index is -0.914. The minimum absolute atomic E-state index is 0.169. The molecule has 0 spiro atoms. The first-order valence-electron chi connectivity index (χ1n) is 10.3. The molecule has 5 heteroatoms. The van der Waals surface area contributed by atoms with Crippen LogP contribution in [0.2, 0.25) is 0 Å². The van der Waals surface area contributed by atoms with Crippen molar-refractivity contribution in [3.05, 3.63) is 58.7 Å². The van der Waals surface area contributed by atoms with Gasteiger partial charge in [-0.2, -0.15) is 0 Å². The Balaban J connectivity index is 1.77. The molecule has 29 heavy (non-hydrogen) atoms. The van der Waals surface area contributed by atoms with Crippen LogP contribution in [0.15, 0.2) is 36.4 Å². The van der Waals surface area contributed by atoms with Gasteiger partial charge in [0.15, 0.2) is 5.78 Å². The van der Waals surface area contributed by atoms with Crippen LogP contribution in [0.4, 0.5) is 0 Å². The van der Waals surface area contributed by atoms with E-state index in [0.717, 1.165) is 24.2 Å². The molecule has 1 aliphatic rings. The number of ether oxygens (including phenoxy) is 2. The molecule has 154 valence electrons. The van der Waals surface area contributed by atoms with Gasteiger partial charge in [-0.3, -0.25) is 9.59 Å². The monoisotopic (exact) mass is 396 g/mol. The molecule has 5 nitrogen and oxygen atoms in total. The van der Waals surface area contributed by atoms with Crippen LogP contribution < -0.4 is 9.47 Å². The standard InChI is InChI=1S/C24H28O5/c1-3-4-5-6-12-28-20-9-7-17(8-10-20)22(25)21-15-19(16(2)24(26)27)14-18-11-13-29-23(18)21/h7-10,14-16H,3-6,11-13H2,1-2H3,(H,26,27). The van der Waals surface area contributed by atoms with Crippen molar-refractivity contribution in [2.45, 2.75) is 51.9 Å². The van der Waals surface area contributed by atoms with Crippen LogP contribution in [0.1, 0.15) is 72.5 Å². The summed E-state index contributed by atoms with van der Waals surface area (Å²) in [4.78, 5) is 24.5. The van der Waals surface area contributed by atoms with Crippen LogP contribution in [0.3, 0.4) is 0 Å². The van der Waals surface area contributed by atoms with Crippen molar-refractivity contribution < 1.29 is 24.2 Å². The van der Waals surface area contributed by atoms with Crippen LogP contribution >= 0.6 is 0 Å². The minimum Gasteiger partial charge on any atom is -0.494 e. The maximum Gasteiger partial charge on any atom is 0.310 e. The van der Waals surface area contributed by atoms with Gasteiger partial charge in [-0.05, 0) is 54.8 Å². The molecule has 0 saturated carbocycles. The van der Waals surface area contributed by atoms with Gasteiger partial charge in [0, 0.05) is 12.0 Å². The highest BCUT2D eigenvalue weighted by Gasteiger charge is 2.26. The maximum absolute atomic E-state index is 13.1. The van der Waals surface area contributed by atoms with Gasteiger partial charge in [0.2, 0.25) is 0 Å². The van der Waals surface area contributed by atoms with E-state index >= 15 is 0 Å². The SMILES string of the molecule is CCCCCCOc1ccc(C(=O)c2cc(C(C)C(=O)O)cc3c2OCC3)cc1.